The largest absolute Gasteiger partial charge is 0.481 e. The van der Waals surface area contributed by atoms with Gasteiger partial charge in [0.2, 0.25) is 0 Å². The summed E-state index contributed by atoms with van der Waals surface area (Å²) in [5, 5.41) is 12.3. The first-order valence-corrected chi connectivity index (χ1v) is 5.80. The number of hydrogen-bond donors (Lipinski definition) is 2. The minimum absolute atomic E-state index is 0.193. The van der Waals surface area contributed by atoms with Gasteiger partial charge in [-0.3, -0.25) is 4.79 Å². The van der Waals surface area contributed by atoms with Crippen LogP contribution in [0.25, 0.3) is 0 Å². The van der Waals surface area contributed by atoms with Crippen LogP contribution in [0.1, 0.15) is 19.3 Å². The number of carbonyl (C=O) groups is 1. The third-order valence-corrected chi connectivity index (χ3v) is 3.72. The third-order valence-electron chi connectivity index (χ3n) is 3.72. The van der Waals surface area contributed by atoms with Gasteiger partial charge in [0.25, 0.3) is 0 Å². The molecule has 0 bridgehead atoms. The van der Waals surface area contributed by atoms with Crippen LogP contribution in [0, 0.1) is 17.8 Å². The van der Waals surface area contributed by atoms with Gasteiger partial charge >= 0.3 is 5.97 Å². The van der Waals surface area contributed by atoms with Crippen LogP contribution in [0.15, 0.2) is 0 Å². The number of ether oxygens (including phenoxy) is 1. The summed E-state index contributed by atoms with van der Waals surface area (Å²) in [5.41, 5.74) is 0. The van der Waals surface area contributed by atoms with Gasteiger partial charge in [-0.1, -0.05) is 0 Å². The van der Waals surface area contributed by atoms with Gasteiger partial charge < -0.3 is 15.2 Å². The monoisotopic (exact) mass is 213 g/mol. The molecule has 2 fully saturated rings. The van der Waals surface area contributed by atoms with Crippen molar-refractivity contribution in [3.05, 3.63) is 0 Å². The molecule has 0 radical (unpaired) electrons. The lowest BCUT2D eigenvalue weighted by molar-refractivity contribution is -0.146. The van der Waals surface area contributed by atoms with Crippen molar-refractivity contribution in [2.75, 3.05) is 26.3 Å². The van der Waals surface area contributed by atoms with E-state index < -0.39 is 5.97 Å². The molecule has 2 atom stereocenters. The molecule has 0 aromatic carbocycles. The molecule has 15 heavy (non-hydrogen) atoms. The van der Waals surface area contributed by atoms with Crippen molar-refractivity contribution in [2.45, 2.75) is 19.3 Å². The molecule has 2 heterocycles. The van der Waals surface area contributed by atoms with Crippen LogP contribution in [-0.4, -0.2) is 37.4 Å². The molecule has 0 aliphatic carbocycles. The Morgan fingerprint density at radius 3 is 2.67 bits per heavy atom. The van der Waals surface area contributed by atoms with Crippen molar-refractivity contribution in [1.29, 1.82) is 0 Å². The molecule has 2 aliphatic rings. The van der Waals surface area contributed by atoms with Gasteiger partial charge in [0.1, 0.15) is 0 Å². The molecule has 0 amide bonds. The first-order valence-electron chi connectivity index (χ1n) is 5.80. The summed E-state index contributed by atoms with van der Waals surface area (Å²) in [4.78, 5) is 11.1. The Kier molecular flexibility index (Phi) is 3.59. The Labute approximate surface area is 90.0 Å². The molecule has 0 spiro atoms. The Morgan fingerprint density at radius 2 is 2.00 bits per heavy atom. The van der Waals surface area contributed by atoms with E-state index >= 15 is 0 Å². The third kappa shape index (κ3) is 2.49. The molecular weight excluding hydrogens is 194 g/mol. The zero-order chi connectivity index (χ0) is 10.7. The Balaban J connectivity index is 1.99. The number of piperidine rings is 1. The molecule has 0 aromatic heterocycles. The van der Waals surface area contributed by atoms with Gasteiger partial charge in [-0.2, -0.15) is 0 Å². The van der Waals surface area contributed by atoms with Gasteiger partial charge in [-0.25, -0.2) is 0 Å². The second-order valence-corrected chi connectivity index (χ2v) is 4.55. The van der Waals surface area contributed by atoms with Gasteiger partial charge in [0.05, 0.1) is 5.92 Å². The Bertz CT molecular complexity index is 226. The number of aliphatic carboxylic acids is 1. The van der Waals surface area contributed by atoms with Crippen LogP contribution in [0.3, 0.4) is 0 Å². The van der Waals surface area contributed by atoms with Crippen molar-refractivity contribution >= 4 is 5.97 Å². The van der Waals surface area contributed by atoms with Crippen LogP contribution in [0.4, 0.5) is 0 Å². The predicted octanol–water partition coefficient (Wildman–Crippen LogP) is 0.723. The maximum atomic E-state index is 11.1. The highest BCUT2D eigenvalue weighted by molar-refractivity contribution is 5.70. The Hall–Kier alpha value is -0.610. The van der Waals surface area contributed by atoms with Crippen molar-refractivity contribution in [2.24, 2.45) is 17.8 Å². The quantitative estimate of drug-likeness (QED) is 0.709. The molecule has 0 saturated carbocycles. The van der Waals surface area contributed by atoms with E-state index in [1.165, 1.54) is 0 Å². The fourth-order valence-corrected chi connectivity index (χ4v) is 2.86. The van der Waals surface area contributed by atoms with Crippen molar-refractivity contribution in [1.82, 2.24) is 5.32 Å². The lowest BCUT2D eigenvalue weighted by Crippen LogP contribution is -2.44. The van der Waals surface area contributed by atoms with Crippen LogP contribution in [0.5, 0.6) is 0 Å². The lowest BCUT2D eigenvalue weighted by atomic mass is 9.74. The highest BCUT2D eigenvalue weighted by Gasteiger charge is 2.36. The summed E-state index contributed by atoms with van der Waals surface area (Å²) < 4.78 is 5.32. The van der Waals surface area contributed by atoms with Crippen molar-refractivity contribution in [3.8, 4) is 0 Å². The standard InChI is InChI=1S/C11H19NO3/c13-11(14)10-7-12-4-1-9(10)8-2-5-15-6-3-8/h8-10,12H,1-7H2,(H,13,14). The van der Waals surface area contributed by atoms with Crippen LogP contribution >= 0.6 is 0 Å². The highest BCUT2D eigenvalue weighted by atomic mass is 16.5. The first kappa shape index (κ1) is 10.9. The van der Waals surface area contributed by atoms with Gasteiger partial charge in [0.15, 0.2) is 0 Å². The molecule has 0 aromatic rings. The number of carboxylic acids is 1. The Morgan fingerprint density at radius 1 is 1.27 bits per heavy atom. The van der Waals surface area contributed by atoms with E-state index in [1.807, 2.05) is 0 Å². The van der Waals surface area contributed by atoms with E-state index in [0.29, 0.717) is 18.4 Å². The van der Waals surface area contributed by atoms with Crippen LogP contribution in [0.2, 0.25) is 0 Å². The average Bonchev–Trinajstić information content (AvgIpc) is 2.30. The summed E-state index contributed by atoms with van der Waals surface area (Å²) in [5.74, 6) is 0.0788. The maximum Gasteiger partial charge on any atom is 0.308 e. The molecule has 4 heteroatoms. The second kappa shape index (κ2) is 4.94. The summed E-state index contributed by atoms with van der Waals surface area (Å²) in [7, 11) is 0. The number of hydrogen-bond acceptors (Lipinski definition) is 3. The molecule has 2 rings (SSSR count). The topological polar surface area (TPSA) is 58.6 Å². The van der Waals surface area contributed by atoms with Gasteiger partial charge in [-0.05, 0) is 37.6 Å². The van der Waals surface area contributed by atoms with E-state index in [4.69, 9.17) is 9.84 Å². The smallest absolute Gasteiger partial charge is 0.308 e. The van der Waals surface area contributed by atoms with E-state index in [-0.39, 0.29) is 5.92 Å². The average molecular weight is 213 g/mol. The normalized spacial score (nSPS) is 33.9. The van der Waals surface area contributed by atoms with Crippen LogP contribution < -0.4 is 5.32 Å². The van der Waals surface area contributed by atoms with E-state index in [9.17, 15) is 4.79 Å². The predicted molar refractivity (Wildman–Crippen MR) is 55.6 cm³/mol. The zero-order valence-electron chi connectivity index (χ0n) is 8.95. The number of carboxylic acid groups (broad SMARTS) is 1. The van der Waals surface area contributed by atoms with E-state index in [1.54, 1.807) is 0 Å². The molecule has 2 N–H and O–H groups in total. The second-order valence-electron chi connectivity index (χ2n) is 4.55. The summed E-state index contributed by atoms with van der Waals surface area (Å²) in [6, 6.07) is 0. The minimum Gasteiger partial charge on any atom is -0.481 e. The molecule has 2 aliphatic heterocycles. The fraction of sp³-hybridized carbons (Fsp3) is 0.909. The van der Waals surface area contributed by atoms with Gasteiger partial charge in [-0.15, -0.1) is 0 Å². The SMILES string of the molecule is O=C(O)C1CNCCC1C1CCOCC1. The van der Waals surface area contributed by atoms with Crippen molar-refractivity contribution in [3.63, 3.8) is 0 Å². The number of nitrogens with one attached hydrogen (secondary N) is 1. The highest BCUT2D eigenvalue weighted by Crippen LogP contribution is 2.33. The summed E-state index contributed by atoms with van der Waals surface area (Å²) in [6.45, 7) is 3.21. The number of rotatable bonds is 2. The van der Waals surface area contributed by atoms with E-state index in [0.717, 1.165) is 39.0 Å². The summed E-state index contributed by atoms with van der Waals surface area (Å²) >= 11 is 0. The lowest BCUT2D eigenvalue weighted by Gasteiger charge is -2.37. The van der Waals surface area contributed by atoms with E-state index in [2.05, 4.69) is 5.32 Å². The molecular formula is C11H19NO3. The van der Waals surface area contributed by atoms with Gasteiger partial charge in [0, 0.05) is 19.8 Å². The van der Waals surface area contributed by atoms with Crippen molar-refractivity contribution < 1.29 is 14.6 Å². The molecule has 2 saturated heterocycles. The zero-order valence-corrected chi connectivity index (χ0v) is 8.95. The molecule has 2 unspecified atom stereocenters. The first-order chi connectivity index (χ1) is 7.29. The fourth-order valence-electron chi connectivity index (χ4n) is 2.86. The van der Waals surface area contributed by atoms with Crippen LogP contribution in [-0.2, 0) is 9.53 Å². The minimum atomic E-state index is -0.640. The molecule has 4 nitrogen and oxygen atoms in total. The summed E-state index contributed by atoms with van der Waals surface area (Å²) in [6.07, 6.45) is 3.07. The maximum absolute atomic E-state index is 11.1. The molecule has 86 valence electrons.